The van der Waals surface area contributed by atoms with Crippen molar-refractivity contribution in [2.75, 3.05) is 31.1 Å². The Kier molecular flexibility index (Phi) is 3.06. The molecule has 0 saturated carbocycles. The number of rotatable bonds is 2. The first kappa shape index (κ1) is 13.9. The first-order valence-electron chi connectivity index (χ1n) is 8.52. The minimum absolute atomic E-state index is 0.756. The molecule has 2 aliphatic heterocycles. The Morgan fingerprint density at radius 2 is 1.79 bits per heavy atom. The Balaban J connectivity index is 1.58. The van der Waals surface area contributed by atoms with E-state index in [0.29, 0.717) is 0 Å². The highest BCUT2D eigenvalue weighted by Crippen LogP contribution is 2.30. The molecule has 2 unspecified atom stereocenters. The standard InChI is InChI=1S/C18H20N6/c1-12-18(13-4-6-19-7-5-13)24-16(21-12)2-3-17(22-24)23-10-14-8-20-9-15(14)11-23/h2-7,14-15,20H,8-11H2,1H3. The van der Waals surface area contributed by atoms with Gasteiger partial charge in [-0.05, 0) is 43.0 Å². The molecule has 2 aliphatic rings. The molecule has 0 spiro atoms. The lowest BCUT2D eigenvalue weighted by molar-refractivity contribution is 0.533. The van der Waals surface area contributed by atoms with Gasteiger partial charge in [0.1, 0.15) is 5.82 Å². The van der Waals surface area contributed by atoms with Crippen LogP contribution in [0.3, 0.4) is 0 Å². The zero-order valence-electron chi connectivity index (χ0n) is 13.7. The van der Waals surface area contributed by atoms with Gasteiger partial charge >= 0.3 is 0 Å². The summed E-state index contributed by atoms with van der Waals surface area (Å²) < 4.78 is 1.98. The molecule has 0 amide bonds. The summed E-state index contributed by atoms with van der Waals surface area (Å²) >= 11 is 0. The van der Waals surface area contributed by atoms with E-state index in [1.807, 2.05) is 36.0 Å². The van der Waals surface area contributed by atoms with Crippen LogP contribution in [0.15, 0.2) is 36.7 Å². The number of hydrogen-bond acceptors (Lipinski definition) is 5. The van der Waals surface area contributed by atoms with E-state index < -0.39 is 0 Å². The summed E-state index contributed by atoms with van der Waals surface area (Å²) in [5, 5.41) is 8.41. The minimum Gasteiger partial charge on any atom is -0.355 e. The average Bonchev–Trinajstić information content (AvgIpc) is 3.26. The molecule has 0 aliphatic carbocycles. The van der Waals surface area contributed by atoms with Crippen LogP contribution in [0.5, 0.6) is 0 Å². The highest BCUT2D eigenvalue weighted by atomic mass is 15.3. The van der Waals surface area contributed by atoms with Crippen molar-refractivity contribution in [3.05, 3.63) is 42.4 Å². The molecule has 0 aromatic carbocycles. The minimum atomic E-state index is 0.756. The van der Waals surface area contributed by atoms with E-state index in [-0.39, 0.29) is 0 Å². The fraction of sp³-hybridized carbons (Fsp3) is 0.389. The lowest BCUT2D eigenvalue weighted by atomic mass is 10.0. The lowest BCUT2D eigenvalue weighted by Gasteiger charge is -2.18. The topological polar surface area (TPSA) is 58.4 Å². The van der Waals surface area contributed by atoms with Crippen molar-refractivity contribution >= 4 is 11.5 Å². The summed E-state index contributed by atoms with van der Waals surface area (Å²) in [6, 6.07) is 8.20. The van der Waals surface area contributed by atoms with Gasteiger partial charge in [0.25, 0.3) is 0 Å². The molecule has 3 aromatic heterocycles. The van der Waals surface area contributed by atoms with Gasteiger partial charge in [-0.15, -0.1) is 5.10 Å². The summed E-state index contributed by atoms with van der Waals surface area (Å²) in [6.07, 6.45) is 3.62. The molecular weight excluding hydrogens is 300 g/mol. The van der Waals surface area contributed by atoms with E-state index in [4.69, 9.17) is 5.10 Å². The van der Waals surface area contributed by atoms with Gasteiger partial charge in [0, 0.05) is 44.1 Å². The normalized spacial score (nSPS) is 23.1. The number of nitrogens with zero attached hydrogens (tertiary/aromatic N) is 5. The van der Waals surface area contributed by atoms with Crippen LogP contribution in [-0.4, -0.2) is 45.8 Å². The van der Waals surface area contributed by atoms with Crippen molar-refractivity contribution in [3.8, 4) is 11.3 Å². The largest absolute Gasteiger partial charge is 0.355 e. The van der Waals surface area contributed by atoms with Gasteiger partial charge in [0.05, 0.1) is 11.4 Å². The van der Waals surface area contributed by atoms with E-state index in [1.54, 1.807) is 0 Å². The van der Waals surface area contributed by atoms with Gasteiger partial charge in [-0.25, -0.2) is 9.50 Å². The van der Waals surface area contributed by atoms with Crippen molar-refractivity contribution in [2.45, 2.75) is 6.92 Å². The fourth-order valence-corrected chi connectivity index (χ4v) is 4.09. The molecule has 5 rings (SSSR count). The molecule has 2 fully saturated rings. The fourth-order valence-electron chi connectivity index (χ4n) is 4.09. The van der Waals surface area contributed by atoms with Gasteiger partial charge in [-0.3, -0.25) is 4.98 Å². The summed E-state index contributed by atoms with van der Waals surface area (Å²) in [4.78, 5) is 11.2. The van der Waals surface area contributed by atoms with Crippen LogP contribution in [0.2, 0.25) is 0 Å². The van der Waals surface area contributed by atoms with Crippen molar-refractivity contribution in [3.63, 3.8) is 0 Å². The van der Waals surface area contributed by atoms with Crippen LogP contribution in [0, 0.1) is 18.8 Å². The van der Waals surface area contributed by atoms with Crippen LogP contribution in [0.4, 0.5) is 5.82 Å². The van der Waals surface area contributed by atoms with Gasteiger partial charge in [0.15, 0.2) is 5.65 Å². The Morgan fingerprint density at radius 1 is 1.04 bits per heavy atom. The molecule has 5 heterocycles. The van der Waals surface area contributed by atoms with Gasteiger partial charge in [-0.1, -0.05) is 0 Å². The van der Waals surface area contributed by atoms with Crippen molar-refractivity contribution < 1.29 is 0 Å². The summed E-state index contributed by atoms with van der Waals surface area (Å²) in [7, 11) is 0. The molecule has 3 aromatic rings. The number of anilines is 1. The lowest BCUT2D eigenvalue weighted by Crippen LogP contribution is -2.26. The van der Waals surface area contributed by atoms with Crippen LogP contribution in [0.25, 0.3) is 16.9 Å². The number of aryl methyl sites for hydroxylation is 1. The third-order valence-corrected chi connectivity index (χ3v) is 5.30. The third-order valence-electron chi connectivity index (χ3n) is 5.30. The monoisotopic (exact) mass is 320 g/mol. The predicted molar refractivity (Wildman–Crippen MR) is 93.0 cm³/mol. The second-order valence-electron chi connectivity index (χ2n) is 6.83. The van der Waals surface area contributed by atoms with Crippen LogP contribution in [0.1, 0.15) is 5.69 Å². The number of fused-ring (bicyclic) bond motifs is 2. The second kappa shape index (κ2) is 5.27. The van der Waals surface area contributed by atoms with Crippen LogP contribution in [-0.2, 0) is 0 Å². The highest BCUT2D eigenvalue weighted by molar-refractivity contribution is 5.66. The maximum Gasteiger partial charge on any atom is 0.154 e. The van der Waals surface area contributed by atoms with E-state index >= 15 is 0 Å². The van der Waals surface area contributed by atoms with Gasteiger partial charge in [-0.2, -0.15) is 0 Å². The predicted octanol–water partition coefficient (Wildman–Crippen LogP) is 1.76. The molecule has 0 radical (unpaired) electrons. The molecule has 2 saturated heterocycles. The van der Waals surface area contributed by atoms with Crippen LogP contribution < -0.4 is 10.2 Å². The Morgan fingerprint density at radius 3 is 2.54 bits per heavy atom. The maximum absolute atomic E-state index is 4.92. The molecule has 6 nitrogen and oxygen atoms in total. The van der Waals surface area contributed by atoms with Crippen molar-refractivity contribution in [1.82, 2.24) is 24.9 Å². The number of nitrogens with one attached hydrogen (secondary N) is 1. The SMILES string of the molecule is Cc1nc2ccc(N3CC4CNCC4C3)nn2c1-c1ccncc1. The molecule has 2 atom stereocenters. The molecule has 1 N–H and O–H groups in total. The van der Waals surface area contributed by atoms with Crippen LogP contribution >= 0.6 is 0 Å². The first-order valence-corrected chi connectivity index (χ1v) is 8.52. The number of imidazole rings is 1. The number of aromatic nitrogens is 4. The second-order valence-corrected chi connectivity index (χ2v) is 6.83. The molecule has 122 valence electrons. The molecule has 24 heavy (non-hydrogen) atoms. The van der Waals surface area contributed by atoms with E-state index in [2.05, 4.69) is 32.3 Å². The highest BCUT2D eigenvalue weighted by Gasteiger charge is 2.36. The Bertz CT molecular complexity index is 875. The van der Waals surface area contributed by atoms with E-state index in [9.17, 15) is 0 Å². The molecule has 6 heteroatoms. The smallest absolute Gasteiger partial charge is 0.154 e. The maximum atomic E-state index is 4.92. The summed E-state index contributed by atoms with van der Waals surface area (Å²) in [5.74, 6) is 2.56. The van der Waals surface area contributed by atoms with Crippen molar-refractivity contribution in [1.29, 1.82) is 0 Å². The average molecular weight is 320 g/mol. The number of pyridine rings is 1. The zero-order valence-corrected chi connectivity index (χ0v) is 13.7. The van der Waals surface area contributed by atoms with E-state index in [0.717, 1.165) is 66.4 Å². The van der Waals surface area contributed by atoms with Gasteiger partial charge < -0.3 is 10.2 Å². The molecule has 0 bridgehead atoms. The first-order chi connectivity index (χ1) is 11.8. The van der Waals surface area contributed by atoms with Gasteiger partial charge in [0.2, 0.25) is 0 Å². The zero-order chi connectivity index (χ0) is 16.1. The Hall–Kier alpha value is -2.47. The third kappa shape index (κ3) is 2.10. The van der Waals surface area contributed by atoms with Crippen molar-refractivity contribution in [2.24, 2.45) is 11.8 Å². The quantitative estimate of drug-likeness (QED) is 0.780. The Labute approximate surface area is 140 Å². The number of hydrogen-bond donors (Lipinski definition) is 1. The molecular formula is C18H20N6. The van der Waals surface area contributed by atoms with E-state index in [1.165, 1.54) is 0 Å². The summed E-state index contributed by atoms with van der Waals surface area (Å²) in [6.45, 7) is 6.49. The summed E-state index contributed by atoms with van der Waals surface area (Å²) in [5.41, 5.74) is 4.04.